The molecule has 3 aromatic heterocycles. The molecule has 0 unspecified atom stereocenters. The first-order chi connectivity index (χ1) is 12.7. The Labute approximate surface area is 160 Å². The number of aromatic nitrogens is 3. The molecule has 1 N–H and O–H groups in total. The van der Waals surface area contributed by atoms with Crippen molar-refractivity contribution < 1.29 is 4.79 Å². The number of thioether (sulfide) groups is 1. The standard InChI is InChI=1S/C18H24N4O2S2/c1-3-8-25-9-5-7-19-17(23)12-21-18(24)14-11-15-13(6-10-26-15)22(14)16(4-2)20-21/h6,10-11H,3-5,7-9,12H2,1-2H3,(H,19,23). The van der Waals surface area contributed by atoms with Gasteiger partial charge >= 0.3 is 0 Å². The monoisotopic (exact) mass is 392 g/mol. The van der Waals surface area contributed by atoms with E-state index in [1.807, 2.05) is 40.6 Å². The number of hydrogen-bond donors (Lipinski definition) is 1. The molecule has 0 aliphatic carbocycles. The number of rotatable bonds is 9. The highest BCUT2D eigenvalue weighted by Gasteiger charge is 2.15. The largest absolute Gasteiger partial charge is 0.354 e. The summed E-state index contributed by atoms with van der Waals surface area (Å²) in [6.07, 6.45) is 2.80. The van der Waals surface area contributed by atoms with Crippen molar-refractivity contribution in [2.45, 2.75) is 39.7 Å². The van der Waals surface area contributed by atoms with Gasteiger partial charge in [0.05, 0.1) is 10.2 Å². The fraction of sp³-hybridized carbons (Fsp3) is 0.500. The number of aryl methyl sites for hydroxylation is 1. The number of carbonyl (C=O) groups excluding carboxylic acids is 1. The molecule has 0 aromatic carbocycles. The molecule has 0 aliphatic rings. The molecule has 6 nitrogen and oxygen atoms in total. The van der Waals surface area contributed by atoms with Crippen LogP contribution in [0.15, 0.2) is 22.3 Å². The molecule has 0 radical (unpaired) electrons. The van der Waals surface area contributed by atoms with E-state index < -0.39 is 0 Å². The lowest BCUT2D eigenvalue weighted by Crippen LogP contribution is -2.35. The predicted molar refractivity (Wildman–Crippen MR) is 109 cm³/mol. The molecule has 1 amide bonds. The van der Waals surface area contributed by atoms with Crippen molar-refractivity contribution in [1.29, 1.82) is 0 Å². The average Bonchev–Trinajstić information content (AvgIpc) is 3.22. The van der Waals surface area contributed by atoms with E-state index in [1.165, 1.54) is 11.1 Å². The molecule has 0 saturated heterocycles. The highest BCUT2D eigenvalue weighted by Crippen LogP contribution is 2.24. The van der Waals surface area contributed by atoms with Crippen LogP contribution in [-0.2, 0) is 17.8 Å². The second kappa shape index (κ2) is 8.73. The number of carbonyl (C=O) groups is 1. The second-order valence-electron chi connectivity index (χ2n) is 6.08. The van der Waals surface area contributed by atoms with E-state index in [2.05, 4.69) is 17.3 Å². The Morgan fingerprint density at radius 2 is 2.15 bits per heavy atom. The minimum atomic E-state index is -0.223. The van der Waals surface area contributed by atoms with Crippen LogP contribution in [0.4, 0.5) is 0 Å². The van der Waals surface area contributed by atoms with Crippen molar-refractivity contribution in [3.05, 3.63) is 33.7 Å². The molecule has 0 saturated carbocycles. The molecule has 140 valence electrons. The summed E-state index contributed by atoms with van der Waals surface area (Å²) in [5.41, 5.74) is 1.37. The van der Waals surface area contributed by atoms with E-state index in [0.29, 0.717) is 18.5 Å². The van der Waals surface area contributed by atoms with Crippen LogP contribution in [0.1, 0.15) is 32.5 Å². The lowest BCUT2D eigenvalue weighted by Gasteiger charge is -2.10. The molecule has 26 heavy (non-hydrogen) atoms. The number of thiophene rings is 1. The van der Waals surface area contributed by atoms with Gasteiger partial charge in [-0.2, -0.15) is 16.9 Å². The Bertz CT molecular complexity index is 957. The summed E-state index contributed by atoms with van der Waals surface area (Å²) >= 11 is 3.50. The summed E-state index contributed by atoms with van der Waals surface area (Å²) in [5, 5.41) is 9.33. The molecule has 0 aliphatic heterocycles. The summed E-state index contributed by atoms with van der Waals surface area (Å²) in [7, 11) is 0. The summed E-state index contributed by atoms with van der Waals surface area (Å²) in [6.45, 7) is 4.76. The normalized spacial score (nSPS) is 11.5. The molecule has 3 heterocycles. The zero-order chi connectivity index (χ0) is 18.5. The first-order valence-corrected chi connectivity index (χ1v) is 11.0. The van der Waals surface area contributed by atoms with E-state index in [4.69, 9.17) is 0 Å². The fourth-order valence-corrected chi connectivity index (χ4v) is 4.54. The Morgan fingerprint density at radius 3 is 2.92 bits per heavy atom. The molecule has 0 atom stereocenters. The van der Waals surface area contributed by atoms with Crippen LogP contribution >= 0.6 is 23.1 Å². The van der Waals surface area contributed by atoms with Crippen LogP contribution in [-0.4, -0.2) is 38.1 Å². The minimum Gasteiger partial charge on any atom is -0.354 e. The van der Waals surface area contributed by atoms with Crippen molar-refractivity contribution >= 4 is 44.7 Å². The van der Waals surface area contributed by atoms with Crippen LogP contribution in [0.25, 0.3) is 15.7 Å². The zero-order valence-corrected chi connectivity index (χ0v) is 16.8. The van der Waals surface area contributed by atoms with E-state index in [-0.39, 0.29) is 18.0 Å². The lowest BCUT2D eigenvalue weighted by molar-refractivity contribution is -0.121. The van der Waals surface area contributed by atoms with Gasteiger partial charge in [0.2, 0.25) is 5.91 Å². The molecule has 8 heteroatoms. The van der Waals surface area contributed by atoms with E-state index >= 15 is 0 Å². The Morgan fingerprint density at radius 1 is 1.31 bits per heavy atom. The number of hydrogen-bond acceptors (Lipinski definition) is 5. The van der Waals surface area contributed by atoms with E-state index in [1.54, 1.807) is 11.3 Å². The lowest BCUT2D eigenvalue weighted by atomic mass is 10.4. The Kier molecular flexibility index (Phi) is 6.37. The summed E-state index contributed by atoms with van der Waals surface area (Å²) in [4.78, 5) is 24.9. The summed E-state index contributed by atoms with van der Waals surface area (Å²) < 4.78 is 4.26. The van der Waals surface area contributed by atoms with Crippen molar-refractivity contribution in [1.82, 2.24) is 19.5 Å². The number of nitrogens with one attached hydrogen (secondary N) is 1. The molecule has 3 aromatic rings. The van der Waals surface area contributed by atoms with Gasteiger partial charge in [-0.15, -0.1) is 11.3 Å². The Balaban J connectivity index is 1.73. The van der Waals surface area contributed by atoms with Gasteiger partial charge in [-0.3, -0.25) is 14.0 Å². The van der Waals surface area contributed by atoms with Gasteiger partial charge in [-0.1, -0.05) is 13.8 Å². The van der Waals surface area contributed by atoms with Gasteiger partial charge in [0, 0.05) is 13.0 Å². The van der Waals surface area contributed by atoms with Crippen LogP contribution in [0.5, 0.6) is 0 Å². The third kappa shape index (κ3) is 3.96. The van der Waals surface area contributed by atoms with Gasteiger partial charge in [0.1, 0.15) is 17.9 Å². The first kappa shape index (κ1) is 19.0. The van der Waals surface area contributed by atoms with Crippen molar-refractivity contribution in [2.75, 3.05) is 18.1 Å². The van der Waals surface area contributed by atoms with E-state index in [0.717, 1.165) is 34.0 Å². The van der Waals surface area contributed by atoms with Gasteiger partial charge < -0.3 is 5.32 Å². The van der Waals surface area contributed by atoms with Crippen LogP contribution in [0, 0.1) is 0 Å². The predicted octanol–water partition coefficient (Wildman–Crippen LogP) is 2.92. The van der Waals surface area contributed by atoms with Crippen LogP contribution in [0.2, 0.25) is 0 Å². The Hall–Kier alpha value is -1.80. The fourth-order valence-electron chi connectivity index (χ4n) is 2.90. The number of nitrogens with zero attached hydrogens (tertiary/aromatic N) is 3. The molecule has 0 fully saturated rings. The highest BCUT2D eigenvalue weighted by atomic mass is 32.2. The average molecular weight is 393 g/mol. The quantitative estimate of drug-likeness (QED) is 0.569. The van der Waals surface area contributed by atoms with Crippen molar-refractivity contribution in [2.24, 2.45) is 0 Å². The third-order valence-corrected chi connectivity index (χ3v) is 6.24. The van der Waals surface area contributed by atoms with Crippen LogP contribution < -0.4 is 10.9 Å². The first-order valence-electron chi connectivity index (χ1n) is 8.98. The van der Waals surface area contributed by atoms with E-state index in [9.17, 15) is 9.59 Å². The second-order valence-corrected chi connectivity index (χ2v) is 8.26. The minimum absolute atomic E-state index is 0.0384. The van der Waals surface area contributed by atoms with Crippen molar-refractivity contribution in [3.63, 3.8) is 0 Å². The third-order valence-electron chi connectivity index (χ3n) is 4.12. The maximum Gasteiger partial charge on any atom is 0.291 e. The maximum absolute atomic E-state index is 12.7. The maximum atomic E-state index is 12.7. The van der Waals surface area contributed by atoms with Gasteiger partial charge in [-0.25, -0.2) is 4.68 Å². The van der Waals surface area contributed by atoms with Crippen LogP contribution in [0.3, 0.4) is 0 Å². The number of fused-ring (bicyclic) bond motifs is 3. The highest BCUT2D eigenvalue weighted by molar-refractivity contribution is 7.99. The molecule has 0 spiro atoms. The molecular formula is C18H24N4O2S2. The van der Waals surface area contributed by atoms with Crippen molar-refractivity contribution in [3.8, 4) is 0 Å². The topological polar surface area (TPSA) is 68.4 Å². The number of amides is 1. The SMILES string of the molecule is CCCSCCCNC(=O)Cn1nc(CC)n2c(cc3sccc32)c1=O. The molecule has 0 bridgehead atoms. The summed E-state index contributed by atoms with van der Waals surface area (Å²) in [5.74, 6) is 2.82. The van der Waals surface area contributed by atoms with Gasteiger partial charge in [0.25, 0.3) is 5.56 Å². The molecule has 3 rings (SSSR count). The van der Waals surface area contributed by atoms with Gasteiger partial charge in [-0.05, 0) is 41.9 Å². The zero-order valence-electron chi connectivity index (χ0n) is 15.2. The smallest absolute Gasteiger partial charge is 0.291 e. The molecular weight excluding hydrogens is 368 g/mol. The summed E-state index contributed by atoms with van der Waals surface area (Å²) in [6, 6.07) is 3.89. The van der Waals surface area contributed by atoms with Gasteiger partial charge in [0.15, 0.2) is 0 Å².